The average Bonchev–Trinajstić information content (AvgIpc) is 4.05. The van der Waals surface area contributed by atoms with E-state index in [0.29, 0.717) is 65.3 Å². The van der Waals surface area contributed by atoms with Crippen molar-refractivity contribution in [3.05, 3.63) is 88.1 Å². The van der Waals surface area contributed by atoms with Gasteiger partial charge in [0.1, 0.15) is 35.3 Å². The minimum absolute atomic E-state index is 0. The Morgan fingerprint density at radius 2 is 1.31 bits per heavy atom. The van der Waals surface area contributed by atoms with Gasteiger partial charge < -0.3 is 44.6 Å². The molecule has 388 valence electrons. The number of imidazole rings is 2. The summed E-state index contributed by atoms with van der Waals surface area (Å²) in [6, 6.07) is 11.6. The molecular formula is C50H64FN9O7S5. The summed E-state index contributed by atoms with van der Waals surface area (Å²) in [5.41, 5.74) is 5.99. The molecule has 1 aliphatic carbocycles. The minimum Gasteiger partial charge on any atom is -0.464 e. The lowest BCUT2D eigenvalue weighted by Crippen LogP contribution is -2.51. The van der Waals surface area contributed by atoms with Gasteiger partial charge in [0.15, 0.2) is 0 Å². The molecule has 4 aliphatic rings. The standard InChI is InChI=1S/C50H56FN9O7S.4H2S/c1-25(2)42(56-49(63)65-5)46(61)58-15-7-9-36(58)44-52-22-33(54-44)28-13-14-35-30(17-28)19-38-41-32(51)18-29(20-39(41)67-48(60(35)38)40-21-31(24-68-40)27-11-12-27)34-23-53-45(55-34)37-10-8-16-59(37)47(62)43(26(3)4)57-50(64)66-6;;;;/h13-14,17-27,36-37,42-43,48H,7-12,15-16H2,1-6H3,(H,52,54)(H,53,55)(H,56,63)(H,57,64);4*1H2/t36-,37-,42-,43-,48?;;;;/m0..../s1. The largest absolute Gasteiger partial charge is 0.464 e. The highest BCUT2D eigenvalue weighted by Gasteiger charge is 2.40. The van der Waals surface area contributed by atoms with Crippen LogP contribution in [0.3, 0.4) is 0 Å². The molecule has 4 N–H and O–H groups in total. The van der Waals surface area contributed by atoms with Crippen LogP contribution < -0.4 is 15.4 Å². The van der Waals surface area contributed by atoms with E-state index in [9.17, 15) is 19.2 Å². The van der Waals surface area contributed by atoms with E-state index in [-0.39, 0.29) is 89.7 Å². The Morgan fingerprint density at radius 1 is 0.750 bits per heavy atom. The van der Waals surface area contributed by atoms with Gasteiger partial charge in [0.2, 0.25) is 18.0 Å². The number of methoxy groups -OCH3 is 2. The molecule has 4 amide bonds. The summed E-state index contributed by atoms with van der Waals surface area (Å²) in [5.74, 6) is 1.03. The van der Waals surface area contributed by atoms with E-state index in [2.05, 4.69) is 42.7 Å². The van der Waals surface area contributed by atoms with Crippen molar-refractivity contribution in [2.75, 3.05) is 27.3 Å². The first-order valence-corrected chi connectivity index (χ1v) is 24.3. The number of carbonyl (C=O) groups excluding carboxylic acids is 4. The highest BCUT2D eigenvalue weighted by atomic mass is 32.1. The maximum absolute atomic E-state index is 16.9. The van der Waals surface area contributed by atoms with Crippen molar-refractivity contribution < 1.29 is 37.8 Å². The third kappa shape index (κ3) is 10.6. The van der Waals surface area contributed by atoms with Crippen LogP contribution in [0, 0.1) is 17.7 Å². The monoisotopic (exact) mass is 1080 g/mol. The van der Waals surface area contributed by atoms with Crippen molar-refractivity contribution in [2.45, 2.75) is 103 Å². The fraction of sp³-hybridized carbons (Fsp3) is 0.440. The van der Waals surface area contributed by atoms with E-state index in [0.717, 1.165) is 59.1 Å². The highest BCUT2D eigenvalue weighted by Crippen LogP contribution is 2.50. The summed E-state index contributed by atoms with van der Waals surface area (Å²) in [6.07, 6.45) is 6.86. The normalized spacial score (nSPS) is 18.7. The number of ether oxygens (including phenoxy) is 3. The number of rotatable bonds is 12. The first-order valence-electron chi connectivity index (χ1n) is 23.5. The van der Waals surface area contributed by atoms with Gasteiger partial charge in [0, 0.05) is 29.6 Å². The second kappa shape index (κ2) is 22.9. The van der Waals surface area contributed by atoms with Crippen LogP contribution in [0.5, 0.6) is 5.75 Å². The number of carbonyl (C=O) groups is 4. The fourth-order valence-corrected chi connectivity index (χ4v) is 11.1. The Bertz CT molecular complexity index is 2930. The molecule has 3 fully saturated rings. The molecule has 3 aliphatic heterocycles. The Hall–Kier alpha value is -5.29. The third-order valence-corrected chi connectivity index (χ3v) is 14.8. The van der Waals surface area contributed by atoms with E-state index in [4.69, 9.17) is 24.2 Å². The molecule has 72 heavy (non-hydrogen) atoms. The van der Waals surface area contributed by atoms with Crippen molar-refractivity contribution in [1.29, 1.82) is 0 Å². The van der Waals surface area contributed by atoms with Gasteiger partial charge in [-0.3, -0.25) is 14.2 Å². The van der Waals surface area contributed by atoms with Crippen LogP contribution in [0.25, 0.3) is 44.7 Å². The van der Waals surface area contributed by atoms with Crippen LogP contribution in [-0.2, 0) is 19.1 Å². The molecule has 1 unspecified atom stereocenters. The first-order chi connectivity index (χ1) is 32.8. The molecule has 0 radical (unpaired) electrons. The summed E-state index contributed by atoms with van der Waals surface area (Å²) < 4.78 is 35.5. The summed E-state index contributed by atoms with van der Waals surface area (Å²) in [7, 11) is 2.55. The molecule has 4 aromatic heterocycles. The first kappa shape index (κ1) is 56.0. The van der Waals surface area contributed by atoms with Crippen molar-refractivity contribution in [2.24, 2.45) is 11.8 Å². The summed E-state index contributed by atoms with van der Waals surface area (Å²) in [6.45, 7) is 8.59. The molecule has 0 bridgehead atoms. The third-order valence-electron chi connectivity index (χ3n) is 13.9. The summed E-state index contributed by atoms with van der Waals surface area (Å²) >= 11 is 1.65. The number of hydrogen-bond donors (Lipinski definition) is 4. The topological polar surface area (TPSA) is 189 Å². The number of fused-ring (bicyclic) bond motifs is 5. The van der Waals surface area contributed by atoms with Gasteiger partial charge >= 0.3 is 12.2 Å². The SMILES string of the molecule is COC(=O)N[C@H](C(=O)N1CCC[C@H]1c1ncc(-c2cc(F)c3c(c2)OC(c2cc(C4CC4)cs2)n2c-3cc3cc(-c4cnc([C@@H]5CCCN5C(=O)[C@@H](NC(=O)OC)C(C)C)[nH]4)ccc32)[nH]1)C(C)C.S.S.S.S. The predicted octanol–water partition coefficient (Wildman–Crippen LogP) is 9.65. The number of hydrogen-bond acceptors (Lipinski definition) is 10. The molecule has 2 aromatic carbocycles. The smallest absolute Gasteiger partial charge is 0.407 e. The number of amides is 4. The molecule has 22 heteroatoms. The van der Waals surface area contributed by atoms with Crippen molar-refractivity contribution >= 4 is 100 Å². The maximum Gasteiger partial charge on any atom is 0.407 e. The number of alkyl carbamates (subject to hydrolysis) is 2. The Balaban J connectivity index is 0.00000212. The summed E-state index contributed by atoms with van der Waals surface area (Å²) in [5, 5.41) is 8.49. The Labute approximate surface area is 449 Å². The molecule has 7 heterocycles. The molecule has 5 atom stereocenters. The second-order valence-corrected chi connectivity index (χ2v) is 19.9. The van der Waals surface area contributed by atoms with Gasteiger partial charge in [0.25, 0.3) is 0 Å². The van der Waals surface area contributed by atoms with Crippen LogP contribution >= 0.6 is 65.3 Å². The van der Waals surface area contributed by atoms with Crippen LogP contribution in [0.4, 0.5) is 14.0 Å². The lowest BCUT2D eigenvalue weighted by atomic mass is 10.0. The van der Waals surface area contributed by atoms with Gasteiger partial charge in [-0.15, -0.1) is 11.3 Å². The van der Waals surface area contributed by atoms with Crippen LogP contribution in [0.15, 0.2) is 60.2 Å². The van der Waals surface area contributed by atoms with Crippen LogP contribution in [0.1, 0.15) is 113 Å². The van der Waals surface area contributed by atoms with E-state index < -0.39 is 36.3 Å². The number of likely N-dealkylation sites (tertiary alicyclic amines) is 2. The fourth-order valence-electron chi connectivity index (χ4n) is 10.1. The van der Waals surface area contributed by atoms with Crippen molar-refractivity contribution in [1.82, 2.24) is 44.9 Å². The van der Waals surface area contributed by atoms with Gasteiger partial charge in [0.05, 0.1) is 71.7 Å². The zero-order valence-corrected chi connectivity index (χ0v) is 45.7. The number of benzene rings is 2. The summed E-state index contributed by atoms with van der Waals surface area (Å²) in [4.78, 5) is 72.8. The molecule has 2 saturated heterocycles. The van der Waals surface area contributed by atoms with Crippen LogP contribution in [0.2, 0.25) is 0 Å². The number of halogens is 1. The molecule has 0 spiro atoms. The van der Waals surface area contributed by atoms with E-state index in [1.807, 2.05) is 52.0 Å². The molecule has 10 rings (SSSR count). The highest BCUT2D eigenvalue weighted by molar-refractivity contribution is 7.59. The second-order valence-electron chi connectivity index (χ2n) is 19.0. The van der Waals surface area contributed by atoms with Gasteiger partial charge in [-0.1, -0.05) is 33.8 Å². The van der Waals surface area contributed by atoms with E-state index >= 15 is 4.39 Å². The van der Waals surface area contributed by atoms with E-state index in [1.165, 1.54) is 25.8 Å². The molecule has 16 nitrogen and oxygen atoms in total. The number of thiophene rings is 1. The van der Waals surface area contributed by atoms with Crippen molar-refractivity contribution in [3.8, 4) is 39.5 Å². The number of H-pyrrole nitrogens is 2. The quantitative estimate of drug-likeness (QED) is 0.0925. The van der Waals surface area contributed by atoms with Crippen LogP contribution in [-0.4, -0.2) is 97.7 Å². The zero-order chi connectivity index (χ0) is 47.5. The molecule has 1 saturated carbocycles. The molecule has 6 aromatic rings. The number of aromatic amines is 2. The van der Waals surface area contributed by atoms with E-state index in [1.54, 1.807) is 33.5 Å². The van der Waals surface area contributed by atoms with Gasteiger partial charge in [-0.05, 0) is 104 Å². The average molecular weight is 1080 g/mol. The predicted molar refractivity (Wildman–Crippen MR) is 295 cm³/mol. The van der Waals surface area contributed by atoms with Gasteiger partial charge in [-0.2, -0.15) is 54.0 Å². The number of aromatic nitrogens is 5. The van der Waals surface area contributed by atoms with Crippen molar-refractivity contribution in [3.63, 3.8) is 0 Å². The number of nitrogens with one attached hydrogen (secondary N) is 4. The Morgan fingerprint density at radius 3 is 1.83 bits per heavy atom. The maximum atomic E-state index is 16.9. The number of nitrogens with zero attached hydrogens (tertiary/aromatic N) is 5. The molecular weight excluding hydrogens is 1020 g/mol. The lowest BCUT2D eigenvalue weighted by Gasteiger charge is -2.30. The Kier molecular flexibility index (Phi) is 17.8. The minimum atomic E-state index is -0.768. The van der Waals surface area contributed by atoms with Gasteiger partial charge in [-0.25, -0.2) is 23.9 Å². The zero-order valence-electron chi connectivity index (χ0n) is 40.9. The lowest BCUT2D eigenvalue weighted by molar-refractivity contribution is -0.136.